The van der Waals surface area contributed by atoms with Crippen LogP contribution in [0.15, 0.2) is 42.5 Å². The van der Waals surface area contributed by atoms with Gasteiger partial charge in [-0.05, 0) is 55.2 Å². The number of aromatic amines is 1. The van der Waals surface area contributed by atoms with Crippen LogP contribution in [0, 0.1) is 0 Å². The van der Waals surface area contributed by atoms with Crippen LogP contribution in [0.3, 0.4) is 0 Å². The first-order chi connectivity index (χ1) is 15.6. The highest BCUT2D eigenvalue weighted by atomic mass is 35.5. The van der Waals surface area contributed by atoms with Gasteiger partial charge in [-0.15, -0.1) is 0 Å². The minimum absolute atomic E-state index is 0.0245. The molecule has 10 heteroatoms. The van der Waals surface area contributed by atoms with Crippen molar-refractivity contribution in [2.24, 2.45) is 0 Å². The van der Waals surface area contributed by atoms with Gasteiger partial charge < -0.3 is 15.0 Å². The van der Waals surface area contributed by atoms with Crippen LogP contribution in [0.2, 0.25) is 10.0 Å². The van der Waals surface area contributed by atoms with Gasteiger partial charge in [0.1, 0.15) is 17.5 Å². The summed E-state index contributed by atoms with van der Waals surface area (Å²) in [5.74, 6) is -0.643. The Morgan fingerprint density at radius 2 is 1.94 bits per heavy atom. The Morgan fingerprint density at radius 1 is 1.15 bits per heavy atom. The molecule has 0 radical (unpaired) electrons. The van der Waals surface area contributed by atoms with E-state index in [1.807, 2.05) is 0 Å². The number of aryl methyl sites for hydroxylation is 1. The SMILES string of the molecule is O=C(NCC(F)c1ccc(Cl)cc1Cl)c1c(Oc2cccc(C(F)(F)F)c2)[nH]c2c1CCC2. The number of nitrogens with one attached hydrogen (secondary N) is 2. The van der Waals surface area contributed by atoms with Gasteiger partial charge in [0.15, 0.2) is 0 Å². The van der Waals surface area contributed by atoms with E-state index in [4.69, 9.17) is 27.9 Å². The van der Waals surface area contributed by atoms with E-state index in [0.29, 0.717) is 17.9 Å². The third-order valence-electron chi connectivity index (χ3n) is 5.36. The second-order valence-electron chi connectivity index (χ2n) is 7.61. The molecular formula is C23H18Cl2F4N2O2. The predicted molar refractivity (Wildman–Crippen MR) is 117 cm³/mol. The van der Waals surface area contributed by atoms with Crippen molar-refractivity contribution < 1.29 is 27.1 Å². The number of ether oxygens (including phenoxy) is 1. The molecule has 174 valence electrons. The highest BCUT2D eigenvalue weighted by Crippen LogP contribution is 2.37. The second kappa shape index (κ2) is 9.27. The molecule has 2 aromatic carbocycles. The lowest BCUT2D eigenvalue weighted by Crippen LogP contribution is -2.28. The largest absolute Gasteiger partial charge is 0.440 e. The van der Waals surface area contributed by atoms with Crippen molar-refractivity contribution in [3.63, 3.8) is 0 Å². The lowest BCUT2D eigenvalue weighted by molar-refractivity contribution is -0.137. The highest BCUT2D eigenvalue weighted by Gasteiger charge is 2.32. The van der Waals surface area contributed by atoms with Crippen LogP contribution < -0.4 is 10.1 Å². The summed E-state index contributed by atoms with van der Waals surface area (Å²) < 4.78 is 59.5. The van der Waals surface area contributed by atoms with Crippen molar-refractivity contribution >= 4 is 29.1 Å². The lowest BCUT2D eigenvalue weighted by atomic mass is 10.1. The van der Waals surface area contributed by atoms with Crippen LogP contribution in [0.1, 0.15) is 45.3 Å². The summed E-state index contributed by atoms with van der Waals surface area (Å²) in [5, 5.41) is 3.03. The molecule has 1 aromatic heterocycles. The predicted octanol–water partition coefficient (Wildman–Crippen LogP) is 7.06. The summed E-state index contributed by atoms with van der Waals surface area (Å²) in [6.45, 7) is -0.358. The molecule has 1 unspecified atom stereocenters. The number of rotatable bonds is 6. The third kappa shape index (κ3) is 5.12. The Morgan fingerprint density at radius 3 is 2.67 bits per heavy atom. The van der Waals surface area contributed by atoms with E-state index in [1.165, 1.54) is 30.3 Å². The fourth-order valence-electron chi connectivity index (χ4n) is 3.80. The molecule has 1 atom stereocenters. The summed E-state index contributed by atoms with van der Waals surface area (Å²) in [6, 6.07) is 8.72. The van der Waals surface area contributed by atoms with Crippen LogP contribution in [0.4, 0.5) is 17.6 Å². The van der Waals surface area contributed by atoms with Crippen molar-refractivity contribution in [3.8, 4) is 11.6 Å². The number of alkyl halides is 4. The Labute approximate surface area is 196 Å². The van der Waals surface area contributed by atoms with E-state index in [2.05, 4.69) is 10.3 Å². The van der Waals surface area contributed by atoms with Gasteiger partial charge in [0, 0.05) is 21.3 Å². The van der Waals surface area contributed by atoms with Crippen LogP contribution >= 0.6 is 23.2 Å². The normalized spacial score (nSPS) is 14.1. The molecule has 1 aliphatic carbocycles. The minimum Gasteiger partial charge on any atom is -0.440 e. The average Bonchev–Trinajstić information content (AvgIpc) is 3.32. The summed E-state index contributed by atoms with van der Waals surface area (Å²) in [6.07, 6.45) is -4.03. The highest BCUT2D eigenvalue weighted by molar-refractivity contribution is 6.35. The molecule has 4 rings (SSSR count). The molecule has 0 spiro atoms. The molecule has 33 heavy (non-hydrogen) atoms. The maximum atomic E-state index is 14.7. The van der Waals surface area contributed by atoms with Gasteiger partial charge in [-0.2, -0.15) is 13.2 Å². The number of aromatic nitrogens is 1. The number of fused-ring (bicyclic) bond motifs is 1. The molecule has 0 saturated heterocycles. The van der Waals surface area contributed by atoms with Crippen molar-refractivity contribution in [1.29, 1.82) is 0 Å². The minimum atomic E-state index is -4.53. The second-order valence-corrected chi connectivity index (χ2v) is 8.45. The van der Waals surface area contributed by atoms with Crippen LogP contribution in [0.5, 0.6) is 11.6 Å². The molecule has 3 aromatic rings. The number of amides is 1. The number of carbonyl (C=O) groups excluding carboxylic acids is 1. The Bertz CT molecular complexity index is 1190. The first-order valence-electron chi connectivity index (χ1n) is 10.1. The number of carbonyl (C=O) groups is 1. The fourth-order valence-corrected chi connectivity index (χ4v) is 4.33. The summed E-state index contributed by atoms with van der Waals surface area (Å²) in [4.78, 5) is 16.0. The third-order valence-corrected chi connectivity index (χ3v) is 5.92. The van der Waals surface area contributed by atoms with Crippen molar-refractivity contribution in [3.05, 3.63) is 80.5 Å². The molecular weight excluding hydrogens is 483 g/mol. The van der Waals surface area contributed by atoms with Gasteiger partial charge in [-0.1, -0.05) is 35.3 Å². The maximum absolute atomic E-state index is 14.7. The topological polar surface area (TPSA) is 54.1 Å². The van der Waals surface area contributed by atoms with E-state index in [1.54, 1.807) is 0 Å². The molecule has 0 aliphatic heterocycles. The van der Waals surface area contributed by atoms with Gasteiger partial charge in [0.05, 0.1) is 12.1 Å². The number of halogens is 6. The zero-order valence-electron chi connectivity index (χ0n) is 17.0. The van der Waals surface area contributed by atoms with Crippen molar-refractivity contribution in [1.82, 2.24) is 10.3 Å². The molecule has 0 fully saturated rings. The Kier molecular flexibility index (Phi) is 6.59. The van der Waals surface area contributed by atoms with Gasteiger partial charge in [-0.3, -0.25) is 4.79 Å². The number of hydrogen-bond donors (Lipinski definition) is 2. The quantitative estimate of drug-likeness (QED) is 0.356. The van der Waals surface area contributed by atoms with Crippen molar-refractivity contribution in [2.45, 2.75) is 31.6 Å². The Hall–Kier alpha value is -2.71. The standard InChI is InChI=1S/C23H18Cl2F4N2O2/c24-13-7-8-15(17(25)10-13)18(26)11-30-21(32)20-16-5-2-6-19(16)31-22(20)33-14-4-1-3-12(9-14)23(27,28)29/h1,3-4,7-10,18,31H,2,5-6,11H2,(H,30,32). The molecule has 4 nitrogen and oxygen atoms in total. The Balaban J connectivity index is 1.55. The fraction of sp³-hybridized carbons (Fsp3) is 0.261. The summed E-state index contributed by atoms with van der Waals surface area (Å²) >= 11 is 11.9. The van der Waals surface area contributed by atoms with Crippen LogP contribution in [-0.4, -0.2) is 17.4 Å². The molecule has 1 aliphatic rings. The zero-order valence-corrected chi connectivity index (χ0v) is 18.5. The van der Waals surface area contributed by atoms with Gasteiger partial charge in [0.2, 0.25) is 5.88 Å². The molecule has 0 bridgehead atoms. The van der Waals surface area contributed by atoms with E-state index >= 15 is 0 Å². The molecule has 0 saturated carbocycles. The zero-order chi connectivity index (χ0) is 23.8. The monoisotopic (exact) mass is 500 g/mol. The number of benzene rings is 2. The van der Waals surface area contributed by atoms with Crippen molar-refractivity contribution in [2.75, 3.05) is 6.54 Å². The molecule has 2 N–H and O–H groups in total. The molecule has 1 amide bonds. The number of hydrogen-bond acceptors (Lipinski definition) is 2. The smallest absolute Gasteiger partial charge is 0.416 e. The number of H-pyrrole nitrogens is 1. The first-order valence-corrected chi connectivity index (χ1v) is 10.8. The molecule has 1 heterocycles. The van der Waals surface area contributed by atoms with Gasteiger partial charge in [-0.25, -0.2) is 4.39 Å². The maximum Gasteiger partial charge on any atom is 0.416 e. The van der Waals surface area contributed by atoms with Gasteiger partial charge in [0.25, 0.3) is 5.91 Å². The lowest BCUT2D eigenvalue weighted by Gasteiger charge is -2.14. The van der Waals surface area contributed by atoms with E-state index in [9.17, 15) is 22.4 Å². The van der Waals surface area contributed by atoms with Crippen LogP contribution in [0.25, 0.3) is 0 Å². The first kappa shape index (κ1) is 23.4. The average molecular weight is 501 g/mol. The van der Waals surface area contributed by atoms with E-state index in [0.717, 1.165) is 29.8 Å². The summed E-state index contributed by atoms with van der Waals surface area (Å²) in [7, 11) is 0. The van der Waals surface area contributed by atoms with E-state index in [-0.39, 0.29) is 34.3 Å². The van der Waals surface area contributed by atoms with E-state index < -0.39 is 23.8 Å². The van der Waals surface area contributed by atoms with Crippen LogP contribution in [-0.2, 0) is 19.0 Å². The van der Waals surface area contributed by atoms with Gasteiger partial charge >= 0.3 is 6.18 Å². The summed E-state index contributed by atoms with van der Waals surface area (Å²) in [5.41, 5.74) is 0.967.